The molecule has 0 radical (unpaired) electrons. The zero-order valence-electron chi connectivity index (χ0n) is 12.9. The first kappa shape index (κ1) is 13.3. The van der Waals surface area contributed by atoms with Crippen LogP contribution in [0.15, 0.2) is 12.2 Å². The van der Waals surface area contributed by atoms with Gasteiger partial charge in [0.1, 0.15) is 0 Å². The van der Waals surface area contributed by atoms with Gasteiger partial charge in [0.15, 0.2) is 6.29 Å². The fourth-order valence-corrected chi connectivity index (χ4v) is 5.70. The van der Waals surface area contributed by atoms with E-state index in [0.29, 0.717) is 10.8 Å². The topological polar surface area (TPSA) is 18.5 Å². The number of fused-ring (bicyclic) bond motifs is 1. The van der Waals surface area contributed by atoms with Crippen molar-refractivity contribution in [2.24, 2.45) is 28.6 Å². The molecule has 1 aliphatic heterocycles. The number of rotatable bonds is 3. The molecule has 0 N–H and O–H groups in total. The molecule has 5 atom stereocenters. The molecule has 4 aliphatic rings. The van der Waals surface area contributed by atoms with Crippen LogP contribution in [-0.2, 0) is 9.47 Å². The van der Waals surface area contributed by atoms with Gasteiger partial charge in [0.2, 0.25) is 0 Å². The second-order valence-electron chi connectivity index (χ2n) is 8.06. The van der Waals surface area contributed by atoms with Crippen LogP contribution in [0.1, 0.15) is 52.4 Å². The van der Waals surface area contributed by atoms with E-state index < -0.39 is 0 Å². The molecule has 1 spiro atoms. The van der Waals surface area contributed by atoms with Crippen LogP contribution in [0, 0.1) is 28.6 Å². The lowest BCUT2D eigenvalue weighted by Crippen LogP contribution is -2.35. The summed E-state index contributed by atoms with van der Waals surface area (Å²) in [5.74, 6) is 2.41. The smallest absolute Gasteiger partial charge is 0.157 e. The molecule has 0 aromatic heterocycles. The Morgan fingerprint density at radius 2 is 2.10 bits per heavy atom. The molecule has 3 aliphatic carbocycles. The monoisotopic (exact) mass is 276 g/mol. The van der Waals surface area contributed by atoms with Crippen molar-refractivity contribution in [1.82, 2.24) is 0 Å². The van der Waals surface area contributed by atoms with Gasteiger partial charge in [-0.1, -0.05) is 26.0 Å². The molecule has 4 rings (SSSR count). The molecule has 0 amide bonds. The normalized spacial score (nSPS) is 48.7. The van der Waals surface area contributed by atoms with Gasteiger partial charge in [-0.2, -0.15) is 0 Å². The molecule has 3 fully saturated rings. The summed E-state index contributed by atoms with van der Waals surface area (Å²) in [4.78, 5) is 0. The lowest BCUT2D eigenvalue weighted by Gasteiger charge is -2.39. The van der Waals surface area contributed by atoms with Gasteiger partial charge in [-0.25, -0.2) is 0 Å². The molecule has 1 saturated heterocycles. The van der Waals surface area contributed by atoms with Gasteiger partial charge < -0.3 is 9.47 Å². The molecule has 5 unspecified atom stereocenters. The minimum atomic E-state index is 0.0785. The molecule has 2 saturated carbocycles. The maximum absolute atomic E-state index is 6.13. The average molecular weight is 276 g/mol. The van der Waals surface area contributed by atoms with Crippen molar-refractivity contribution >= 4 is 0 Å². The Kier molecular flexibility index (Phi) is 3.05. The van der Waals surface area contributed by atoms with Gasteiger partial charge in [0.05, 0.1) is 6.61 Å². The third kappa shape index (κ3) is 1.77. The zero-order chi connectivity index (χ0) is 13.8. The van der Waals surface area contributed by atoms with Gasteiger partial charge in [-0.05, 0) is 67.1 Å². The van der Waals surface area contributed by atoms with Crippen molar-refractivity contribution < 1.29 is 9.47 Å². The van der Waals surface area contributed by atoms with E-state index in [0.717, 1.165) is 37.4 Å². The molecule has 0 aromatic carbocycles. The first-order chi connectivity index (χ1) is 9.63. The first-order valence-electron chi connectivity index (χ1n) is 8.55. The average Bonchev–Trinajstić information content (AvgIpc) is 3.09. The molecule has 2 nitrogen and oxygen atoms in total. The number of hydrogen-bond acceptors (Lipinski definition) is 2. The summed E-state index contributed by atoms with van der Waals surface area (Å²) in [6.45, 7) is 6.77. The third-order valence-electron chi connectivity index (χ3n) is 6.90. The first-order valence-corrected chi connectivity index (χ1v) is 8.55. The molecule has 2 heteroatoms. The number of ether oxygens (including phenoxy) is 2. The summed E-state index contributed by atoms with van der Waals surface area (Å²) in [6.07, 6.45) is 12.8. The molecule has 0 aromatic rings. The second-order valence-corrected chi connectivity index (χ2v) is 8.06. The third-order valence-corrected chi connectivity index (χ3v) is 6.90. The number of hydrogen-bond donors (Lipinski definition) is 0. The van der Waals surface area contributed by atoms with Gasteiger partial charge in [0, 0.05) is 6.61 Å². The van der Waals surface area contributed by atoms with Crippen molar-refractivity contribution in [2.75, 3.05) is 13.2 Å². The molecular formula is C18H28O2. The summed E-state index contributed by atoms with van der Waals surface area (Å²) in [5, 5.41) is 0. The van der Waals surface area contributed by atoms with E-state index in [2.05, 4.69) is 26.0 Å². The van der Waals surface area contributed by atoms with Crippen molar-refractivity contribution in [3.05, 3.63) is 12.2 Å². The summed E-state index contributed by atoms with van der Waals surface area (Å²) in [5.41, 5.74) is 0.966. The van der Waals surface area contributed by atoms with Crippen LogP contribution in [0.4, 0.5) is 0 Å². The molecule has 112 valence electrons. The number of allylic oxidation sites excluding steroid dienone is 2. The lowest BCUT2D eigenvalue weighted by molar-refractivity contribution is -0.173. The minimum absolute atomic E-state index is 0.0785. The van der Waals surface area contributed by atoms with E-state index in [1.54, 1.807) is 0 Å². The summed E-state index contributed by atoms with van der Waals surface area (Å²) in [7, 11) is 0. The van der Waals surface area contributed by atoms with E-state index >= 15 is 0 Å². The summed E-state index contributed by atoms with van der Waals surface area (Å²) < 4.78 is 11.9. The maximum Gasteiger partial charge on any atom is 0.157 e. The van der Waals surface area contributed by atoms with E-state index in [4.69, 9.17) is 9.47 Å². The van der Waals surface area contributed by atoms with Crippen molar-refractivity contribution in [1.29, 1.82) is 0 Å². The van der Waals surface area contributed by atoms with E-state index in [1.165, 1.54) is 32.1 Å². The van der Waals surface area contributed by atoms with Crippen LogP contribution in [0.3, 0.4) is 0 Å². The highest BCUT2D eigenvalue weighted by Gasteiger charge is 2.64. The zero-order valence-corrected chi connectivity index (χ0v) is 12.9. The Balaban J connectivity index is 1.44. The minimum Gasteiger partial charge on any atom is -0.353 e. The molecule has 2 bridgehead atoms. The van der Waals surface area contributed by atoms with Crippen LogP contribution in [0.5, 0.6) is 0 Å². The highest BCUT2D eigenvalue weighted by molar-refractivity contribution is 5.27. The van der Waals surface area contributed by atoms with Gasteiger partial charge >= 0.3 is 0 Å². The van der Waals surface area contributed by atoms with Crippen LogP contribution in [0.25, 0.3) is 0 Å². The Hall–Kier alpha value is -0.340. The van der Waals surface area contributed by atoms with Crippen LogP contribution in [0.2, 0.25) is 0 Å². The quantitative estimate of drug-likeness (QED) is 0.721. The fourth-order valence-electron chi connectivity index (χ4n) is 5.70. The van der Waals surface area contributed by atoms with Gasteiger partial charge in [-0.15, -0.1) is 0 Å². The molecule has 20 heavy (non-hydrogen) atoms. The van der Waals surface area contributed by atoms with E-state index in [1.807, 2.05) is 0 Å². The molecule has 1 heterocycles. The Bertz CT molecular complexity index is 408. The van der Waals surface area contributed by atoms with Gasteiger partial charge in [0.25, 0.3) is 0 Å². The SMILES string of the molecule is CC1(C)C2C=CC3(C2)C(COC2CCCCO2)CCC13. The van der Waals surface area contributed by atoms with E-state index in [-0.39, 0.29) is 6.29 Å². The van der Waals surface area contributed by atoms with Crippen molar-refractivity contribution in [3.63, 3.8) is 0 Å². The van der Waals surface area contributed by atoms with Crippen molar-refractivity contribution in [3.8, 4) is 0 Å². The highest BCUT2D eigenvalue weighted by Crippen LogP contribution is 2.70. The largest absolute Gasteiger partial charge is 0.353 e. The Morgan fingerprint density at radius 1 is 1.20 bits per heavy atom. The Morgan fingerprint density at radius 3 is 2.90 bits per heavy atom. The summed E-state index contributed by atoms with van der Waals surface area (Å²) in [6, 6.07) is 0. The van der Waals surface area contributed by atoms with Crippen LogP contribution < -0.4 is 0 Å². The van der Waals surface area contributed by atoms with E-state index in [9.17, 15) is 0 Å². The lowest BCUT2D eigenvalue weighted by atomic mass is 9.66. The highest BCUT2D eigenvalue weighted by atomic mass is 16.7. The fraction of sp³-hybridized carbons (Fsp3) is 0.889. The molecular weight excluding hydrogens is 248 g/mol. The Labute approximate surface area is 122 Å². The standard InChI is InChI=1S/C18H28O2/c1-17(2)13-8-9-18(11-13)14(6-7-15(17)18)12-20-16-5-3-4-10-19-16/h8-9,13-16H,3-7,10-12H2,1-2H3. The predicted molar refractivity (Wildman–Crippen MR) is 79.2 cm³/mol. The van der Waals surface area contributed by atoms with Crippen LogP contribution >= 0.6 is 0 Å². The maximum atomic E-state index is 6.13. The predicted octanol–water partition coefficient (Wildman–Crippen LogP) is 4.16. The van der Waals surface area contributed by atoms with Gasteiger partial charge in [-0.3, -0.25) is 0 Å². The van der Waals surface area contributed by atoms with Crippen molar-refractivity contribution in [2.45, 2.75) is 58.7 Å². The second kappa shape index (κ2) is 4.58. The van der Waals surface area contributed by atoms with Crippen LogP contribution in [-0.4, -0.2) is 19.5 Å². The summed E-state index contributed by atoms with van der Waals surface area (Å²) >= 11 is 0.